The quantitative estimate of drug-likeness (QED) is 0.293. The molecule has 7 nitrogen and oxygen atoms in total. The molecule has 8 heteroatoms. The molecule has 0 fully saturated rings. The number of hydrogen-bond acceptors (Lipinski definition) is 4. The predicted molar refractivity (Wildman–Crippen MR) is 126 cm³/mol. The zero-order valence-electron chi connectivity index (χ0n) is 16.9. The molecule has 3 rings (SSSR count). The number of rotatable bonds is 7. The number of nitrogens with one attached hydrogen (secondary N) is 2. The number of halogens is 1. The molecule has 0 spiro atoms. The lowest BCUT2D eigenvalue weighted by Gasteiger charge is -2.14. The number of hydrogen-bond donors (Lipinski definition) is 2. The van der Waals surface area contributed by atoms with Crippen molar-refractivity contribution in [3.63, 3.8) is 0 Å². The largest absolute Gasteiger partial charge is 0.496 e. The van der Waals surface area contributed by atoms with Crippen LogP contribution in [0.5, 0.6) is 5.75 Å². The zero-order valence-corrected chi connectivity index (χ0v) is 19.3. The van der Waals surface area contributed by atoms with Crippen LogP contribution in [-0.4, -0.2) is 41.2 Å². The van der Waals surface area contributed by atoms with Crippen molar-refractivity contribution in [3.8, 4) is 11.6 Å². The van der Waals surface area contributed by atoms with Gasteiger partial charge in [-0.1, -0.05) is 17.7 Å². The highest BCUT2D eigenvalue weighted by Crippen LogP contribution is 2.19. The highest BCUT2D eigenvalue weighted by molar-refractivity contribution is 14.0. The molecule has 0 unspecified atom stereocenters. The predicted octanol–water partition coefficient (Wildman–Crippen LogP) is 3.11. The average Bonchev–Trinajstić information content (AvgIpc) is 3.26. The maximum absolute atomic E-state index is 5.45. The van der Waals surface area contributed by atoms with E-state index in [2.05, 4.69) is 44.7 Å². The zero-order chi connectivity index (χ0) is 19.8. The van der Waals surface area contributed by atoms with E-state index in [1.807, 2.05) is 29.0 Å². The Bertz CT molecular complexity index is 927. The molecule has 154 valence electrons. The molecular weight excluding hydrogens is 479 g/mol. The van der Waals surface area contributed by atoms with Gasteiger partial charge < -0.3 is 15.4 Å². The highest BCUT2D eigenvalue weighted by atomic mass is 127. The van der Waals surface area contributed by atoms with Crippen LogP contribution in [0, 0.1) is 6.92 Å². The number of imidazole rings is 1. The fourth-order valence-corrected chi connectivity index (χ4v) is 2.93. The van der Waals surface area contributed by atoms with Crippen LogP contribution in [0.4, 0.5) is 0 Å². The van der Waals surface area contributed by atoms with E-state index in [0.29, 0.717) is 6.54 Å². The Kier molecular flexibility index (Phi) is 8.91. The summed E-state index contributed by atoms with van der Waals surface area (Å²) in [7, 11) is 3.47. The van der Waals surface area contributed by atoms with Gasteiger partial charge in [0.25, 0.3) is 0 Å². The van der Waals surface area contributed by atoms with Gasteiger partial charge in [0.1, 0.15) is 17.9 Å². The Morgan fingerprint density at radius 2 is 2.03 bits per heavy atom. The molecule has 0 aliphatic heterocycles. The number of pyridine rings is 1. The fourth-order valence-electron chi connectivity index (χ4n) is 2.93. The Morgan fingerprint density at radius 1 is 1.17 bits per heavy atom. The van der Waals surface area contributed by atoms with Crippen molar-refractivity contribution in [1.29, 1.82) is 0 Å². The van der Waals surface area contributed by atoms with E-state index in [0.717, 1.165) is 36.1 Å². The normalized spacial score (nSPS) is 10.9. The fraction of sp³-hybridized carbons (Fsp3) is 0.286. The van der Waals surface area contributed by atoms with Crippen molar-refractivity contribution < 1.29 is 4.74 Å². The summed E-state index contributed by atoms with van der Waals surface area (Å²) in [5, 5.41) is 6.69. The lowest BCUT2D eigenvalue weighted by molar-refractivity contribution is 0.409. The molecule has 3 aromatic rings. The number of aliphatic imine (C=N–C) groups is 1. The first-order valence-electron chi connectivity index (χ1n) is 9.21. The maximum atomic E-state index is 5.45. The maximum Gasteiger partial charge on any atom is 0.191 e. The van der Waals surface area contributed by atoms with E-state index >= 15 is 0 Å². The summed E-state index contributed by atoms with van der Waals surface area (Å²) in [6, 6.07) is 10.2. The molecule has 0 aliphatic carbocycles. The van der Waals surface area contributed by atoms with Gasteiger partial charge in [-0.3, -0.25) is 9.56 Å². The molecule has 0 saturated carbocycles. The Morgan fingerprint density at radius 3 is 2.76 bits per heavy atom. The van der Waals surface area contributed by atoms with Gasteiger partial charge in [0.2, 0.25) is 0 Å². The number of ether oxygens (including phenoxy) is 1. The summed E-state index contributed by atoms with van der Waals surface area (Å²) in [5.41, 5.74) is 3.52. The summed E-state index contributed by atoms with van der Waals surface area (Å²) in [4.78, 5) is 12.7. The topological polar surface area (TPSA) is 76.4 Å². The highest BCUT2D eigenvalue weighted by Gasteiger charge is 2.05. The van der Waals surface area contributed by atoms with E-state index in [1.54, 1.807) is 32.9 Å². The van der Waals surface area contributed by atoms with Crippen LogP contribution in [-0.2, 0) is 13.0 Å². The third kappa shape index (κ3) is 6.45. The van der Waals surface area contributed by atoms with E-state index < -0.39 is 0 Å². The molecular formula is C21H27IN6O. The SMILES string of the molecule is CN=C(NCCc1cc(C)ccc1OC)NCc1ccnc(-n2ccnc2)c1.I. The Labute approximate surface area is 188 Å². The van der Waals surface area contributed by atoms with Crippen LogP contribution in [0.25, 0.3) is 5.82 Å². The Balaban J connectivity index is 0.00000300. The van der Waals surface area contributed by atoms with Crippen LogP contribution >= 0.6 is 24.0 Å². The standard InChI is InChI=1S/C21H26N6O.HI/c1-16-4-5-19(28-3)18(12-16)7-9-25-21(22-2)26-14-17-6-8-24-20(13-17)27-11-10-23-15-27;/h4-6,8,10-13,15H,7,9,14H2,1-3H3,(H2,22,25,26);1H. The molecule has 2 aromatic heterocycles. The van der Waals surface area contributed by atoms with Crippen LogP contribution < -0.4 is 15.4 Å². The number of aromatic nitrogens is 3. The van der Waals surface area contributed by atoms with Crippen molar-refractivity contribution in [2.75, 3.05) is 20.7 Å². The second-order valence-corrected chi connectivity index (χ2v) is 6.41. The first-order valence-corrected chi connectivity index (χ1v) is 9.21. The van der Waals surface area contributed by atoms with E-state index in [1.165, 1.54) is 11.1 Å². The van der Waals surface area contributed by atoms with Gasteiger partial charge >= 0.3 is 0 Å². The van der Waals surface area contributed by atoms with Crippen LogP contribution in [0.2, 0.25) is 0 Å². The molecule has 1 aromatic carbocycles. The molecule has 0 aliphatic rings. The number of aryl methyl sites for hydroxylation is 1. The van der Waals surface area contributed by atoms with Crippen molar-refractivity contribution in [2.45, 2.75) is 19.9 Å². The van der Waals surface area contributed by atoms with E-state index in [4.69, 9.17) is 4.74 Å². The van der Waals surface area contributed by atoms with E-state index in [9.17, 15) is 0 Å². The lowest BCUT2D eigenvalue weighted by Crippen LogP contribution is -2.37. The van der Waals surface area contributed by atoms with Crippen molar-refractivity contribution >= 4 is 29.9 Å². The first-order chi connectivity index (χ1) is 13.7. The second-order valence-electron chi connectivity index (χ2n) is 6.41. The monoisotopic (exact) mass is 506 g/mol. The molecule has 0 atom stereocenters. The smallest absolute Gasteiger partial charge is 0.191 e. The molecule has 2 heterocycles. The molecule has 0 saturated heterocycles. The van der Waals surface area contributed by atoms with Gasteiger partial charge in [0.15, 0.2) is 5.96 Å². The van der Waals surface area contributed by atoms with Gasteiger partial charge in [-0.2, -0.15) is 0 Å². The number of benzene rings is 1. The molecule has 0 bridgehead atoms. The minimum Gasteiger partial charge on any atom is -0.496 e. The van der Waals surface area contributed by atoms with Crippen molar-refractivity contribution in [1.82, 2.24) is 25.2 Å². The van der Waals surface area contributed by atoms with Gasteiger partial charge in [-0.05, 0) is 42.7 Å². The first kappa shape index (κ1) is 22.7. The van der Waals surface area contributed by atoms with Crippen molar-refractivity contribution in [3.05, 3.63) is 71.9 Å². The second kappa shape index (κ2) is 11.4. The van der Waals surface area contributed by atoms with Crippen LogP contribution in [0.1, 0.15) is 16.7 Å². The third-order valence-corrected chi connectivity index (χ3v) is 4.39. The summed E-state index contributed by atoms with van der Waals surface area (Å²) >= 11 is 0. The number of guanidine groups is 1. The molecule has 2 N–H and O–H groups in total. The average molecular weight is 506 g/mol. The van der Waals surface area contributed by atoms with Crippen LogP contribution in [0.15, 0.2) is 60.2 Å². The summed E-state index contributed by atoms with van der Waals surface area (Å²) < 4.78 is 7.33. The van der Waals surface area contributed by atoms with E-state index in [-0.39, 0.29) is 24.0 Å². The summed E-state index contributed by atoms with van der Waals surface area (Å²) in [5.74, 6) is 2.51. The molecule has 0 amide bonds. The van der Waals surface area contributed by atoms with Gasteiger partial charge in [-0.25, -0.2) is 9.97 Å². The lowest BCUT2D eigenvalue weighted by atomic mass is 10.1. The third-order valence-electron chi connectivity index (χ3n) is 4.39. The minimum atomic E-state index is 0. The molecule has 0 radical (unpaired) electrons. The van der Waals surface area contributed by atoms with Crippen molar-refractivity contribution in [2.24, 2.45) is 4.99 Å². The minimum absolute atomic E-state index is 0. The summed E-state index contributed by atoms with van der Waals surface area (Å²) in [6.45, 7) is 3.50. The van der Waals surface area contributed by atoms with Gasteiger partial charge in [0.05, 0.1) is 7.11 Å². The van der Waals surface area contributed by atoms with Gasteiger partial charge in [-0.15, -0.1) is 24.0 Å². The van der Waals surface area contributed by atoms with Crippen LogP contribution in [0.3, 0.4) is 0 Å². The number of nitrogens with zero attached hydrogens (tertiary/aromatic N) is 4. The summed E-state index contributed by atoms with van der Waals surface area (Å²) in [6.07, 6.45) is 8.00. The number of methoxy groups -OCH3 is 1. The molecule has 29 heavy (non-hydrogen) atoms. The Hall–Kier alpha value is -2.62. The van der Waals surface area contributed by atoms with Gasteiger partial charge in [0, 0.05) is 38.7 Å².